The summed E-state index contributed by atoms with van der Waals surface area (Å²) in [5.41, 5.74) is 1.30. The van der Waals surface area contributed by atoms with Crippen LogP contribution in [-0.4, -0.2) is 10.0 Å². The first-order valence-electron chi connectivity index (χ1n) is 6.51. The highest BCUT2D eigenvalue weighted by atomic mass is 35.5. The summed E-state index contributed by atoms with van der Waals surface area (Å²) in [6, 6.07) is 11.2. The summed E-state index contributed by atoms with van der Waals surface area (Å²) in [6.07, 6.45) is 0.727. The molecule has 21 heavy (non-hydrogen) atoms. The Kier molecular flexibility index (Phi) is 4.65. The van der Waals surface area contributed by atoms with Crippen molar-refractivity contribution >= 4 is 23.0 Å². The number of halogens is 1. The topological polar surface area (TPSA) is 75.4 Å². The number of benzene rings is 2. The van der Waals surface area contributed by atoms with Gasteiger partial charge in [0.2, 0.25) is 0 Å². The van der Waals surface area contributed by atoms with Crippen molar-refractivity contribution in [3.8, 4) is 5.75 Å². The predicted molar refractivity (Wildman–Crippen MR) is 82.9 cm³/mol. The first-order chi connectivity index (χ1) is 10.0. The lowest BCUT2D eigenvalue weighted by Gasteiger charge is -2.20. The molecule has 0 amide bonds. The van der Waals surface area contributed by atoms with Gasteiger partial charge in [0, 0.05) is 17.7 Å². The number of nitro groups is 1. The molecular weight excluding hydrogens is 292 g/mol. The first kappa shape index (κ1) is 15.1. The summed E-state index contributed by atoms with van der Waals surface area (Å²) < 4.78 is 0. The number of anilines is 1. The van der Waals surface area contributed by atoms with Crippen LogP contribution in [0.4, 0.5) is 11.4 Å². The standard InChI is InChI=1S/C15H15ClN2O3/c1-2-13(11-5-3-4-6-15(11)19)17-14-8-7-10(18(20)21)9-12(14)16/h3-9,13,17,19H,2H2,1H3. The van der Waals surface area contributed by atoms with Gasteiger partial charge in [-0.3, -0.25) is 10.1 Å². The van der Waals surface area contributed by atoms with E-state index in [1.54, 1.807) is 18.2 Å². The van der Waals surface area contributed by atoms with Crippen molar-refractivity contribution in [3.63, 3.8) is 0 Å². The van der Waals surface area contributed by atoms with Crippen LogP contribution < -0.4 is 5.32 Å². The lowest BCUT2D eigenvalue weighted by Crippen LogP contribution is -2.10. The van der Waals surface area contributed by atoms with Crippen LogP contribution in [-0.2, 0) is 0 Å². The van der Waals surface area contributed by atoms with Crippen molar-refractivity contribution in [1.82, 2.24) is 0 Å². The van der Waals surface area contributed by atoms with Gasteiger partial charge < -0.3 is 10.4 Å². The van der Waals surface area contributed by atoms with Crippen LogP contribution >= 0.6 is 11.6 Å². The van der Waals surface area contributed by atoms with E-state index in [0.29, 0.717) is 5.69 Å². The molecule has 5 nitrogen and oxygen atoms in total. The van der Waals surface area contributed by atoms with Crippen LogP contribution in [0.25, 0.3) is 0 Å². The van der Waals surface area contributed by atoms with Crippen LogP contribution in [0, 0.1) is 10.1 Å². The molecule has 0 aliphatic carbocycles. The Labute approximate surface area is 127 Å². The van der Waals surface area contributed by atoms with E-state index in [1.807, 2.05) is 19.1 Å². The minimum Gasteiger partial charge on any atom is -0.508 e. The van der Waals surface area contributed by atoms with Gasteiger partial charge in [0.1, 0.15) is 5.75 Å². The zero-order chi connectivity index (χ0) is 15.4. The molecule has 110 valence electrons. The first-order valence-corrected chi connectivity index (χ1v) is 6.89. The number of phenols is 1. The summed E-state index contributed by atoms with van der Waals surface area (Å²) in [5.74, 6) is 0.204. The van der Waals surface area contributed by atoms with Crippen molar-refractivity contribution < 1.29 is 10.0 Å². The number of hydrogen-bond donors (Lipinski definition) is 2. The number of nitrogens with zero attached hydrogens (tertiary/aromatic N) is 1. The third kappa shape index (κ3) is 3.44. The van der Waals surface area contributed by atoms with Crippen molar-refractivity contribution in [3.05, 3.63) is 63.2 Å². The number of non-ortho nitro benzene ring substituents is 1. The monoisotopic (exact) mass is 306 g/mol. The van der Waals surface area contributed by atoms with Crippen LogP contribution in [0.3, 0.4) is 0 Å². The van der Waals surface area contributed by atoms with Gasteiger partial charge in [0.05, 0.1) is 21.7 Å². The van der Waals surface area contributed by atoms with Gasteiger partial charge in [-0.2, -0.15) is 0 Å². The van der Waals surface area contributed by atoms with Gasteiger partial charge in [-0.1, -0.05) is 36.7 Å². The average Bonchev–Trinajstić information content (AvgIpc) is 2.47. The molecule has 2 aromatic carbocycles. The Bertz CT molecular complexity index is 661. The summed E-state index contributed by atoms with van der Waals surface area (Å²) in [7, 11) is 0. The molecule has 6 heteroatoms. The Hall–Kier alpha value is -2.27. The largest absolute Gasteiger partial charge is 0.508 e. The molecule has 1 unspecified atom stereocenters. The van der Waals surface area contributed by atoms with Crippen LogP contribution in [0.15, 0.2) is 42.5 Å². The molecule has 0 bridgehead atoms. The molecule has 1 atom stereocenters. The highest BCUT2D eigenvalue weighted by Crippen LogP contribution is 2.33. The Balaban J connectivity index is 2.27. The summed E-state index contributed by atoms with van der Waals surface area (Å²) >= 11 is 6.07. The Morgan fingerprint density at radius 3 is 2.62 bits per heavy atom. The molecule has 0 aromatic heterocycles. The minimum absolute atomic E-state index is 0.0545. The van der Waals surface area contributed by atoms with E-state index >= 15 is 0 Å². The molecule has 2 N–H and O–H groups in total. The number of para-hydroxylation sites is 1. The van der Waals surface area contributed by atoms with Crippen molar-refractivity contribution in [2.75, 3.05) is 5.32 Å². The van der Waals surface area contributed by atoms with Crippen LogP contribution in [0.2, 0.25) is 5.02 Å². The fourth-order valence-electron chi connectivity index (χ4n) is 2.10. The van der Waals surface area contributed by atoms with Crippen molar-refractivity contribution in [1.29, 1.82) is 0 Å². The highest BCUT2D eigenvalue weighted by Gasteiger charge is 2.16. The van der Waals surface area contributed by atoms with Crippen molar-refractivity contribution in [2.45, 2.75) is 19.4 Å². The number of nitrogens with one attached hydrogen (secondary N) is 1. The van der Waals surface area contributed by atoms with Gasteiger partial charge >= 0.3 is 0 Å². The van der Waals surface area contributed by atoms with Gasteiger partial charge in [-0.15, -0.1) is 0 Å². The Morgan fingerprint density at radius 1 is 1.33 bits per heavy atom. The number of hydrogen-bond acceptors (Lipinski definition) is 4. The zero-order valence-corrected chi connectivity index (χ0v) is 12.2. The molecule has 0 fully saturated rings. The molecule has 2 rings (SSSR count). The average molecular weight is 307 g/mol. The van der Waals surface area contributed by atoms with Gasteiger partial charge in [-0.25, -0.2) is 0 Å². The second-order valence-electron chi connectivity index (χ2n) is 4.59. The number of nitro benzene ring substituents is 1. The smallest absolute Gasteiger partial charge is 0.271 e. The molecule has 0 aliphatic heterocycles. The maximum absolute atomic E-state index is 10.7. The highest BCUT2D eigenvalue weighted by molar-refractivity contribution is 6.33. The molecular formula is C15H15ClN2O3. The quantitative estimate of drug-likeness (QED) is 0.629. The Morgan fingerprint density at radius 2 is 2.05 bits per heavy atom. The third-order valence-electron chi connectivity index (χ3n) is 3.21. The van der Waals surface area contributed by atoms with E-state index in [4.69, 9.17) is 11.6 Å². The molecule has 0 saturated carbocycles. The molecule has 0 radical (unpaired) electrons. The lowest BCUT2D eigenvalue weighted by atomic mass is 10.0. The molecule has 0 saturated heterocycles. The minimum atomic E-state index is -0.490. The van der Waals surface area contributed by atoms with Crippen molar-refractivity contribution in [2.24, 2.45) is 0 Å². The van der Waals surface area contributed by atoms with Gasteiger partial charge in [0.25, 0.3) is 5.69 Å². The second kappa shape index (κ2) is 6.45. The van der Waals surface area contributed by atoms with Crippen LogP contribution in [0.1, 0.15) is 24.9 Å². The summed E-state index contributed by atoms with van der Waals surface area (Å²) in [4.78, 5) is 10.2. The SMILES string of the molecule is CCC(Nc1ccc([N+](=O)[O-])cc1Cl)c1ccccc1O. The fraction of sp³-hybridized carbons (Fsp3) is 0.200. The van der Waals surface area contributed by atoms with Crippen LogP contribution in [0.5, 0.6) is 5.75 Å². The van der Waals surface area contributed by atoms with E-state index in [-0.39, 0.29) is 22.5 Å². The van der Waals surface area contributed by atoms with E-state index in [0.717, 1.165) is 12.0 Å². The summed E-state index contributed by atoms with van der Waals surface area (Å²) in [5, 5.41) is 24.1. The number of rotatable bonds is 5. The lowest BCUT2D eigenvalue weighted by molar-refractivity contribution is -0.384. The molecule has 0 heterocycles. The van der Waals surface area contributed by atoms with E-state index in [1.165, 1.54) is 12.1 Å². The maximum atomic E-state index is 10.7. The van der Waals surface area contributed by atoms with E-state index < -0.39 is 4.92 Å². The fourth-order valence-corrected chi connectivity index (χ4v) is 2.33. The molecule has 0 aliphatic rings. The zero-order valence-electron chi connectivity index (χ0n) is 11.4. The van der Waals surface area contributed by atoms with E-state index in [2.05, 4.69) is 5.32 Å². The van der Waals surface area contributed by atoms with Gasteiger partial charge in [0.15, 0.2) is 0 Å². The molecule has 0 spiro atoms. The molecule has 2 aromatic rings. The summed E-state index contributed by atoms with van der Waals surface area (Å²) in [6.45, 7) is 1.98. The second-order valence-corrected chi connectivity index (χ2v) is 4.99. The number of phenolic OH excluding ortho intramolecular Hbond substituents is 1. The number of aromatic hydroxyl groups is 1. The predicted octanol–water partition coefficient (Wildman–Crippen LogP) is 4.52. The maximum Gasteiger partial charge on any atom is 0.271 e. The van der Waals surface area contributed by atoms with Gasteiger partial charge in [-0.05, 0) is 18.6 Å². The van der Waals surface area contributed by atoms with E-state index in [9.17, 15) is 15.2 Å². The normalized spacial score (nSPS) is 11.9. The third-order valence-corrected chi connectivity index (χ3v) is 3.53.